The first-order valence-corrected chi connectivity index (χ1v) is 11.7. The minimum atomic E-state index is -2.12. The monoisotopic (exact) mass is 232 g/mol. The van der Waals surface area contributed by atoms with E-state index in [0.717, 1.165) is 18.9 Å². The first-order chi connectivity index (χ1) is 6.10. The summed E-state index contributed by atoms with van der Waals surface area (Å²) < 4.78 is 0.0671. The quantitative estimate of drug-likeness (QED) is 0.681. The lowest BCUT2D eigenvalue weighted by Gasteiger charge is -2.53. The van der Waals surface area contributed by atoms with E-state index in [0.29, 0.717) is 0 Å². The third-order valence-corrected chi connectivity index (χ3v) is 15.7. The summed E-state index contributed by atoms with van der Waals surface area (Å²) in [6.45, 7) is 11.2. The van der Waals surface area contributed by atoms with Crippen LogP contribution >= 0.6 is 0 Å². The smallest absolute Gasteiger partial charge is 0.189 e. The molecule has 1 saturated heterocycles. The van der Waals surface area contributed by atoms with Gasteiger partial charge >= 0.3 is 0 Å². The highest BCUT2D eigenvalue weighted by Crippen LogP contribution is 2.53. The Kier molecular flexibility index (Phi) is 3.05. The molecular formula is C10H24O2Si2. The van der Waals surface area contributed by atoms with Crippen LogP contribution in [-0.2, 0) is 0 Å². The van der Waals surface area contributed by atoms with Gasteiger partial charge in [0.25, 0.3) is 0 Å². The van der Waals surface area contributed by atoms with Gasteiger partial charge in [0, 0.05) is 0 Å². The maximum atomic E-state index is 10.6. The van der Waals surface area contributed by atoms with Crippen molar-refractivity contribution < 1.29 is 9.90 Å². The van der Waals surface area contributed by atoms with E-state index < -0.39 is 16.4 Å². The highest BCUT2D eigenvalue weighted by atomic mass is 28.4. The Hall–Kier alpha value is 0.354. The molecule has 0 radical (unpaired) electrons. The van der Waals surface area contributed by atoms with Crippen molar-refractivity contribution >= 4 is 16.4 Å². The van der Waals surface area contributed by atoms with Crippen molar-refractivity contribution in [1.29, 1.82) is 0 Å². The minimum Gasteiger partial charge on any atom is -0.432 e. The van der Waals surface area contributed by atoms with Gasteiger partial charge in [-0.2, -0.15) is 0 Å². The third-order valence-electron chi connectivity index (χ3n) is 4.45. The van der Waals surface area contributed by atoms with Crippen LogP contribution in [0.1, 0.15) is 19.8 Å². The van der Waals surface area contributed by atoms with Crippen LogP contribution < -0.4 is 0 Å². The molecular weight excluding hydrogens is 208 g/mol. The molecule has 0 spiro atoms. The van der Waals surface area contributed by atoms with Gasteiger partial charge in [-0.1, -0.05) is 26.6 Å². The van der Waals surface area contributed by atoms with Gasteiger partial charge in [0.2, 0.25) is 0 Å². The Balaban J connectivity index is 3.02. The molecule has 84 valence electrons. The first-order valence-electron chi connectivity index (χ1n) is 5.51. The summed E-state index contributed by atoms with van der Waals surface area (Å²) >= 11 is 0. The molecule has 1 rings (SSSR count). The molecule has 0 aromatic heterocycles. The molecule has 2 nitrogen and oxygen atoms in total. The van der Waals surface area contributed by atoms with Gasteiger partial charge in [0.05, 0.1) is 14.2 Å². The van der Waals surface area contributed by atoms with Crippen LogP contribution in [-0.4, -0.2) is 32.4 Å². The van der Waals surface area contributed by atoms with Crippen LogP contribution in [0.4, 0.5) is 0 Å². The Morgan fingerprint density at radius 1 is 1.36 bits per heavy atom. The fourth-order valence-corrected chi connectivity index (χ4v) is 12.4. The van der Waals surface area contributed by atoms with Gasteiger partial charge in [-0.25, -0.2) is 0 Å². The van der Waals surface area contributed by atoms with E-state index in [2.05, 4.69) is 33.1 Å². The fraction of sp³-hybridized carbons (Fsp3) is 1.00. The Morgan fingerprint density at radius 2 is 1.86 bits per heavy atom. The van der Waals surface area contributed by atoms with Crippen molar-refractivity contribution in [3.8, 4) is 0 Å². The van der Waals surface area contributed by atoms with Gasteiger partial charge < -0.3 is 9.90 Å². The Labute approximate surface area is 89.5 Å². The summed E-state index contributed by atoms with van der Waals surface area (Å²) in [7, 11) is -3.53. The van der Waals surface area contributed by atoms with E-state index in [1.54, 1.807) is 0 Å². The Bertz CT molecular complexity index is 223. The van der Waals surface area contributed by atoms with Crippen LogP contribution in [0, 0.1) is 0 Å². The second-order valence-corrected chi connectivity index (χ2v) is 16.5. The zero-order valence-corrected chi connectivity index (χ0v) is 12.1. The average Bonchev–Trinajstić information content (AvgIpc) is 1.96. The summed E-state index contributed by atoms with van der Waals surface area (Å²) in [6, 6.07) is 0.870. The van der Waals surface area contributed by atoms with Crippen molar-refractivity contribution in [2.45, 2.75) is 62.8 Å². The number of hydrogen-bond acceptors (Lipinski definition) is 2. The van der Waals surface area contributed by atoms with E-state index in [9.17, 15) is 9.90 Å². The van der Waals surface area contributed by atoms with Crippen molar-refractivity contribution in [1.82, 2.24) is 0 Å². The summed E-state index contributed by atoms with van der Waals surface area (Å²) in [6.07, 6.45) is 1.45. The van der Waals surface area contributed by atoms with Gasteiger partial charge in [-0.05, 0) is 30.1 Å². The van der Waals surface area contributed by atoms with Crippen molar-refractivity contribution in [3.05, 3.63) is 0 Å². The van der Waals surface area contributed by atoms with E-state index in [4.69, 9.17) is 0 Å². The van der Waals surface area contributed by atoms with Crippen LogP contribution in [0.3, 0.4) is 0 Å². The van der Waals surface area contributed by atoms with Crippen LogP contribution in [0.25, 0.3) is 0 Å². The van der Waals surface area contributed by atoms with Gasteiger partial charge in [-0.15, -0.1) is 0 Å². The Morgan fingerprint density at radius 3 is 2.21 bits per heavy atom. The van der Waals surface area contributed by atoms with Crippen LogP contribution in [0.15, 0.2) is 0 Å². The van der Waals surface area contributed by atoms with Gasteiger partial charge in [-0.3, -0.25) is 0 Å². The fourth-order valence-electron chi connectivity index (χ4n) is 2.63. The SMILES string of the molecule is C[C@]1([Si](C)(C)C)C[C@H](O)CC[Si@@]1(C)O. The van der Waals surface area contributed by atoms with E-state index in [1.807, 2.05) is 0 Å². The molecule has 1 aliphatic rings. The first kappa shape index (κ1) is 12.4. The highest BCUT2D eigenvalue weighted by molar-refractivity contribution is 6.96. The molecule has 1 fully saturated rings. The average molecular weight is 232 g/mol. The standard InChI is InChI=1S/C10H24O2Si2/c1-10(13(2,3)4)8-9(11)6-7-14(10,5)12/h9,11-12H,6-8H2,1-5H3/t9-,10-,14-/m1/s1. The minimum absolute atomic E-state index is 0.0671. The lowest BCUT2D eigenvalue weighted by molar-refractivity contribution is 0.138. The topological polar surface area (TPSA) is 40.5 Å². The normalized spacial score (nSPS) is 45.2. The largest absolute Gasteiger partial charge is 0.432 e. The molecule has 3 atom stereocenters. The predicted octanol–water partition coefficient (Wildman–Crippen LogP) is 2.35. The molecule has 0 aliphatic carbocycles. The molecule has 0 saturated carbocycles. The molecule has 14 heavy (non-hydrogen) atoms. The van der Waals surface area contributed by atoms with Gasteiger partial charge in [0.15, 0.2) is 8.32 Å². The summed E-state index contributed by atoms with van der Waals surface area (Å²) in [4.78, 5) is 10.6. The molecule has 0 bridgehead atoms. The molecule has 0 amide bonds. The van der Waals surface area contributed by atoms with E-state index in [1.165, 1.54) is 0 Å². The van der Waals surface area contributed by atoms with Crippen LogP contribution in [0.5, 0.6) is 0 Å². The molecule has 1 aliphatic heterocycles. The lowest BCUT2D eigenvalue weighted by Crippen LogP contribution is -2.59. The van der Waals surface area contributed by atoms with Crippen LogP contribution in [0.2, 0.25) is 36.9 Å². The predicted molar refractivity (Wildman–Crippen MR) is 65.6 cm³/mol. The molecule has 1 heterocycles. The van der Waals surface area contributed by atoms with E-state index in [-0.39, 0.29) is 10.8 Å². The lowest BCUT2D eigenvalue weighted by atomic mass is 10.1. The summed E-state index contributed by atoms with van der Waals surface area (Å²) in [5.74, 6) is 0. The van der Waals surface area contributed by atoms with E-state index >= 15 is 0 Å². The highest BCUT2D eigenvalue weighted by Gasteiger charge is 2.56. The van der Waals surface area contributed by atoms with Gasteiger partial charge in [0.1, 0.15) is 0 Å². The van der Waals surface area contributed by atoms with Crippen molar-refractivity contribution in [2.75, 3.05) is 0 Å². The maximum Gasteiger partial charge on any atom is 0.189 e. The van der Waals surface area contributed by atoms with Crippen molar-refractivity contribution in [3.63, 3.8) is 0 Å². The molecule has 0 unspecified atom stereocenters. The molecule has 0 aromatic rings. The molecule has 4 heteroatoms. The number of aliphatic hydroxyl groups excluding tert-OH is 1. The summed E-state index contributed by atoms with van der Waals surface area (Å²) in [5.41, 5.74) is 0. The summed E-state index contributed by atoms with van der Waals surface area (Å²) in [5, 5.41) is 9.77. The second-order valence-electron chi connectivity index (χ2n) is 6.25. The molecule has 0 aromatic carbocycles. The second kappa shape index (κ2) is 3.44. The maximum absolute atomic E-state index is 10.6. The number of aliphatic hydroxyl groups is 1. The number of rotatable bonds is 1. The number of hydrogen-bond donors (Lipinski definition) is 2. The molecule has 2 N–H and O–H groups in total. The zero-order chi connectivity index (χ0) is 11.2. The third kappa shape index (κ3) is 1.85. The van der Waals surface area contributed by atoms with Crippen molar-refractivity contribution in [2.24, 2.45) is 0 Å². The zero-order valence-electron chi connectivity index (χ0n) is 10.1.